The maximum absolute atomic E-state index is 13.8. The topological polar surface area (TPSA) is 77.0 Å². The predicted molar refractivity (Wildman–Crippen MR) is 137 cm³/mol. The molecule has 1 atom stereocenters. The van der Waals surface area contributed by atoms with Gasteiger partial charge in [0.05, 0.1) is 12.6 Å². The molecule has 34 heavy (non-hydrogen) atoms. The molecule has 0 bridgehead atoms. The molecule has 0 fully saturated rings. The van der Waals surface area contributed by atoms with Gasteiger partial charge in [0.2, 0.25) is 0 Å². The number of pyridine rings is 1. The van der Waals surface area contributed by atoms with Crippen LogP contribution in [0.2, 0.25) is 0 Å². The molecule has 0 saturated heterocycles. The highest BCUT2D eigenvalue weighted by Gasteiger charge is 2.33. The van der Waals surface area contributed by atoms with Gasteiger partial charge in [0.15, 0.2) is 5.65 Å². The van der Waals surface area contributed by atoms with Gasteiger partial charge in [-0.1, -0.05) is 61.9 Å². The molecule has 176 valence electrons. The summed E-state index contributed by atoms with van der Waals surface area (Å²) in [4.78, 5) is 25.4. The van der Waals surface area contributed by atoms with Crippen LogP contribution in [0.1, 0.15) is 53.6 Å². The fourth-order valence-electron chi connectivity index (χ4n) is 4.41. The number of carbonyl (C=O) groups is 1. The number of benzene rings is 2. The molecule has 0 radical (unpaired) electrons. The molecule has 4 rings (SSSR count). The number of amides is 1. The molecule has 0 aliphatic carbocycles. The van der Waals surface area contributed by atoms with Crippen molar-refractivity contribution >= 4 is 17.1 Å². The summed E-state index contributed by atoms with van der Waals surface area (Å²) in [6, 6.07) is 21.7. The minimum absolute atomic E-state index is 0.00146. The third-order valence-corrected chi connectivity index (χ3v) is 6.11. The standard InChI is InChI=1S/C28H33N5O/c1-20(2)25(32(18-8-16-29)28(34)23-14-12-21(3)13-15-23)27-31-24-11-7-17-30-26(24)33(27)19-22-9-5-4-6-10-22/h4-7,9-15,17,20,25H,8,16,18-19,29H2,1-3H3/t25-/m1/s1. The van der Waals surface area contributed by atoms with Crippen molar-refractivity contribution in [3.8, 4) is 0 Å². The molecule has 0 aliphatic rings. The largest absolute Gasteiger partial charge is 0.330 e. The SMILES string of the molecule is Cc1ccc(C(=O)N(CCCN)[C@@H](c2nc3cccnc3n2Cc2ccccc2)C(C)C)cc1. The zero-order valence-corrected chi connectivity index (χ0v) is 20.2. The van der Waals surface area contributed by atoms with E-state index in [4.69, 9.17) is 10.7 Å². The van der Waals surface area contributed by atoms with Crippen molar-refractivity contribution in [3.63, 3.8) is 0 Å². The number of carbonyl (C=O) groups excluding carboxylic acids is 1. The highest BCUT2D eigenvalue weighted by molar-refractivity contribution is 5.94. The summed E-state index contributed by atoms with van der Waals surface area (Å²) in [5, 5.41) is 0. The van der Waals surface area contributed by atoms with E-state index >= 15 is 0 Å². The smallest absolute Gasteiger partial charge is 0.254 e. The Morgan fingerprint density at radius 2 is 1.76 bits per heavy atom. The third-order valence-electron chi connectivity index (χ3n) is 6.11. The summed E-state index contributed by atoms with van der Waals surface area (Å²) in [5.41, 5.74) is 10.5. The van der Waals surface area contributed by atoms with Gasteiger partial charge in [-0.2, -0.15) is 0 Å². The van der Waals surface area contributed by atoms with Crippen LogP contribution >= 0.6 is 0 Å². The highest BCUT2D eigenvalue weighted by atomic mass is 16.2. The number of hydrogen-bond donors (Lipinski definition) is 1. The molecule has 4 aromatic rings. The van der Waals surface area contributed by atoms with E-state index in [9.17, 15) is 4.79 Å². The second kappa shape index (κ2) is 10.6. The Bertz CT molecular complexity index is 1230. The van der Waals surface area contributed by atoms with Crippen molar-refractivity contribution < 1.29 is 4.79 Å². The summed E-state index contributed by atoms with van der Waals surface area (Å²) in [5.74, 6) is 0.988. The van der Waals surface area contributed by atoms with Crippen LogP contribution in [-0.4, -0.2) is 38.4 Å². The van der Waals surface area contributed by atoms with E-state index in [1.54, 1.807) is 6.20 Å². The monoisotopic (exact) mass is 455 g/mol. The first-order chi connectivity index (χ1) is 16.5. The number of nitrogens with two attached hydrogens (primary N) is 1. The number of fused-ring (bicyclic) bond motifs is 1. The van der Waals surface area contributed by atoms with Crippen LogP contribution in [0, 0.1) is 12.8 Å². The molecule has 6 nitrogen and oxygen atoms in total. The lowest BCUT2D eigenvalue weighted by atomic mass is 9.99. The normalized spacial score (nSPS) is 12.3. The molecular weight excluding hydrogens is 422 g/mol. The first-order valence-electron chi connectivity index (χ1n) is 11.9. The molecular formula is C28H33N5O. The van der Waals surface area contributed by atoms with Gasteiger partial charge in [0, 0.05) is 18.3 Å². The average Bonchev–Trinajstić information content (AvgIpc) is 3.19. The van der Waals surface area contributed by atoms with Crippen LogP contribution in [0.25, 0.3) is 11.2 Å². The Morgan fingerprint density at radius 1 is 1.03 bits per heavy atom. The highest BCUT2D eigenvalue weighted by Crippen LogP contribution is 2.32. The molecule has 2 aromatic heterocycles. The van der Waals surface area contributed by atoms with E-state index in [1.165, 1.54) is 0 Å². The van der Waals surface area contributed by atoms with Gasteiger partial charge in [-0.3, -0.25) is 4.79 Å². The van der Waals surface area contributed by atoms with Crippen molar-refractivity contribution in [2.24, 2.45) is 11.7 Å². The van der Waals surface area contributed by atoms with Crippen molar-refractivity contribution in [2.75, 3.05) is 13.1 Å². The molecule has 2 heterocycles. The quantitative estimate of drug-likeness (QED) is 0.386. The molecule has 2 N–H and O–H groups in total. The van der Waals surface area contributed by atoms with Crippen molar-refractivity contribution in [1.82, 2.24) is 19.4 Å². The number of nitrogens with zero attached hydrogens (tertiary/aromatic N) is 4. The molecule has 6 heteroatoms. The molecule has 0 spiro atoms. The van der Waals surface area contributed by atoms with E-state index in [1.807, 2.05) is 66.4 Å². The summed E-state index contributed by atoms with van der Waals surface area (Å²) >= 11 is 0. The molecule has 0 saturated carbocycles. The number of aryl methyl sites for hydroxylation is 1. The van der Waals surface area contributed by atoms with Crippen LogP contribution in [-0.2, 0) is 6.54 Å². The lowest BCUT2D eigenvalue weighted by Gasteiger charge is -2.34. The first-order valence-corrected chi connectivity index (χ1v) is 11.9. The van der Waals surface area contributed by atoms with Crippen LogP contribution in [0.5, 0.6) is 0 Å². The van der Waals surface area contributed by atoms with Gasteiger partial charge in [-0.25, -0.2) is 9.97 Å². The van der Waals surface area contributed by atoms with E-state index in [2.05, 4.69) is 35.5 Å². The van der Waals surface area contributed by atoms with Crippen molar-refractivity contribution in [1.29, 1.82) is 0 Å². The van der Waals surface area contributed by atoms with E-state index in [-0.39, 0.29) is 17.9 Å². The maximum atomic E-state index is 13.8. The Hall–Kier alpha value is -3.51. The van der Waals surface area contributed by atoms with Gasteiger partial charge < -0.3 is 15.2 Å². The van der Waals surface area contributed by atoms with E-state index in [0.29, 0.717) is 25.2 Å². The molecule has 0 aliphatic heterocycles. The lowest BCUT2D eigenvalue weighted by Crippen LogP contribution is -2.40. The zero-order chi connectivity index (χ0) is 24.1. The van der Waals surface area contributed by atoms with Gasteiger partial charge in [0.25, 0.3) is 5.91 Å². The molecule has 1 amide bonds. The lowest BCUT2D eigenvalue weighted by molar-refractivity contribution is 0.0605. The first kappa shape index (κ1) is 23.6. The van der Waals surface area contributed by atoms with Crippen LogP contribution < -0.4 is 5.73 Å². The number of imidazole rings is 1. The zero-order valence-electron chi connectivity index (χ0n) is 20.2. The fourth-order valence-corrected chi connectivity index (χ4v) is 4.41. The third kappa shape index (κ3) is 5.02. The van der Waals surface area contributed by atoms with Crippen LogP contribution in [0.3, 0.4) is 0 Å². The number of hydrogen-bond acceptors (Lipinski definition) is 4. The average molecular weight is 456 g/mol. The van der Waals surface area contributed by atoms with Crippen LogP contribution in [0.15, 0.2) is 72.9 Å². The predicted octanol–water partition coefficient (Wildman–Crippen LogP) is 4.98. The molecule has 2 aromatic carbocycles. The number of rotatable bonds is 9. The number of aromatic nitrogens is 3. The Balaban J connectivity index is 1.83. The maximum Gasteiger partial charge on any atom is 0.254 e. The minimum Gasteiger partial charge on any atom is -0.330 e. The molecule has 0 unspecified atom stereocenters. The van der Waals surface area contributed by atoms with E-state index < -0.39 is 0 Å². The Labute approximate surface area is 201 Å². The van der Waals surface area contributed by atoms with Crippen molar-refractivity contribution in [2.45, 2.75) is 39.8 Å². The van der Waals surface area contributed by atoms with E-state index in [0.717, 1.165) is 34.5 Å². The van der Waals surface area contributed by atoms with Crippen molar-refractivity contribution in [3.05, 3.63) is 95.4 Å². The van der Waals surface area contributed by atoms with Gasteiger partial charge in [-0.15, -0.1) is 0 Å². The fraction of sp³-hybridized carbons (Fsp3) is 0.321. The summed E-state index contributed by atoms with van der Waals surface area (Å²) in [7, 11) is 0. The summed E-state index contributed by atoms with van der Waals surface area (Å²) in [6.07, 6.45) is 2.52. The minimum atomic E-state index is -0.224. The second-order valence-corrected chi connectivity index (χ2v) is 9.08. The van der Waals surface area contributed by atoms with Gasteiger partial charge in [0.1, 0.15) is 11.3 Å². The van der Waals surface area contributed by atoms with Gasteiger partial charge in [-0.05, 0) is 55.6 Å². The second-order valence-electron chi connectivity index (χ2n) is 9.08. The Kier molecular flexibility index (Phi) is 7.38. The van der Waals surface area contributed by atoms with Gasteiger partial charge >= 0.3 is 0 Å². The Morgan fingerprint density at radius 3 is 2.44 bits per heavy atom. The summed E-state index contributed by atoms with van der Waals surface area (Å²) in [6.45, 7) is 8.02. The summed E-state index contributed by atoms with van der Waals surface area (Å²) < 4.78 is 2.16. The van der Waals surface area contributed by atoms with Crippen LogP contribution in [0.4, 0.5) is 0 Å².